The molecule has 1 aromatic carbocycles. The lowest BCUT2D eigenvalue weighted by Gasteiger charge is -2.23. The van der Waals surface area contributed by atoms with Crippen molar-refractivity contribution >= 4 is 10.9 Å². The van der Waals surface area contributed by atoms with Gasteiger partial charge in [-0.2, -0.15) is 0 Å². The minimum Gasteiger partial charge on any atom is -0.381 e. The van der Waals surface area contributed by atoms with E-state index in [2.05, 4.69) is 9.88 Å². The van der Waals surface area contributed by atoms with Gasteiger partial charge >= 0.3 is 0 Å². The molecule has 2 aromatic rings. The Morgan fingerprint density at radius 1 is 1.20 bits per heavy atom. The highest BCUT2D eigenvalue weighted by atomic mass is 16.5. The predicted octanol–water partition coefficient (Wildman–Crippen LogP) is 1.77. The number of rotatable bonds is 4. The molecular weight excluding hydrogens is 252 g/mol. The van der Waals surface area contributed by atoms with Crippen LogP contribution in [0.5, 0.6) is 0 Å². The van der Waals surface area contributed by atoms with Crippen molar-refractivity contribution in [2.45, 2.75) is 25.4 Å². The van der Waals surface area contributed by atoms with Gasteiger partial charge in [-0.15, -0.1) is 0 Å². The Balaban J connectivity index is 1.68. The number of benzene rings is 1. The van der Waals surface area contributed by atoms with Crippen molar-refractivity contribution in [1.29, 1.82) is 0 Å². The van der Waals surface area contributed by atoms with Crippen molar-refractivity contribution in [3.8, 4) is 0 Å². The summed E-state index contributed by atoms with van der Waals surface area (Å²) in [4.78, 5) is 11.8. The summed E-state index contributed by atoms with van der Waals surface area (Å²) in [5, 5.41) is 4.36. The SMILES string of the molecule is O=c1ccn(CCNC2CCOCC2)c2ccccc12. The maximum atomic E-state index is 11.8. The lowest BCUT2D eigenvalue weighted by atomic mass is 10.1. The molecule has 20 heavy (non-hydrogen) atoms. The number of hydrogen-bond acceptors (Lipinski definition) is 3. The van der Waals surface area contributed by atoms with Gasteiger partial charge in [-0.05, 0) is 25.0 Å². The zero-order valence-corrected chi connectivity index (χ0v) is 11.5. The molecule has 2 heterocycles. The molecule has 1 aliphatic rings. The Morgan fingerprint density at radius 3 is 2.85 bits per heavy atom. The number of nitrogens with zero attached hydrogens (tertiary/aromatic N) is 1. The number of pyridine rings is 1. The molecule has 0 radical (unpaired) electrons. The van der Waals surface area contributed by atoms with E-state index in [4.69, 9.17) is 4.74 Å². The van der Waals surface area contributed by atoms with Gasteiger partial charge in [0.1, 0.15) is 0 Å². The van der Waals surface area contributed by atoms with Crippen LogP contribution in [0.15, 0.2) is 41.3 Å². The van der Waals surface area contributed by atoms with Crippen molar-refractivity contribution < 1.29 is 4.74 Å². The Hall–Kier alpha value is -1.65. The van der Waals surface area contributed by atoms with Crippen LogP contribution in [-0.4, -0.2) is 30.4 Å². The fraction of sp³-hybridized carbons (Fsp3) is 0.438. The fourth-order valence-electron chi connectivity index (χ4n) is 2.75. The third-order valence-electron chi connectivity index (χ3n) is 3.89. The fourth-order valence-corrected chi connectivity index (χ4v) is 2.75. The monoisotopic (exact) mass is 272 g/mol. The highest BCUT2D eigenvalue weighted by molar-refractivity contribution is 5.78. The zero-order valence-electron chi connectivity index (χ0n) is 11.5. The van der Waals surface area contributed by atoms with Gasteiger partial charge in [0.25, 0.3) is 0 Å². The largest absolute Gasteiger partial charge is 0.381 e. The summed E-state index contributed by atoms with van der Waals surface area (Å²) in [6.45, 7) is 3.51. The van der Waals surface area contributed by atoms with Gasteiger partial charge in [0, 0.05) is 50.0 Å². The predicted molar refractivity (Wildman–Crippen MR) is 80.1 cm³/mol. The first-order valence-electron chi connectivity index (χ1n) is 7.24. The maximum Gasteiger partial charge on any atom is 0.189 e. The van der Waals surface area contributed by atoms with Crippen molar-refractivity contribution in [3.63, 3.8) is 0 Å². The van der Waals surface area contributed by atoms with Crippen LogP contribution in [0, 0.1) is 0 Å². The lowest BCUT2D eigenvalue weighted by molar-refractivity contribution is 0.0779. The topological polar surface area (TPSA) is 43.3 Å². The summed E-state index contributed by atoms with van der Waals surface area (Å²) < 4.78 is 7.50. The molecule has 0 amide bonds. The average molecular weight is 272 g/mol. The Morgan fingerprint density at radius 2 is 2.00 bits per heavy atom. The zero-order chi connectivity index (χ0) is 13.8. The van der Waals surface area contributed by atoms with Gasteiger partial charge in [0.15, 0.2) is 5.43 Å². The maximum absolute atomic E-state index is 11.8. The molecule has 1 aliphatic heterocycles. The summed E-state index contributed by atoms with van der Waals surface area (Å²) in [6.07, 6.45) is 4.06. The van der Waals surface area contributed by atoms with Crippen LogP contribution in [-0.2, 0) is 11.3 Å². The molecule has 1 fully saturated rings. The van der Waals surface area contributed by atoms with Crippen LogP contribution in [0.2, 0.25) is 0 Å². The molecule has 0 spiro atoms. The third kappa shape index (κ3) is 2.92. The second-order valence-electron chi connectivity index (χ2n) is 5.23. The second-order valence-corrected chi connectivity index (χ2v) is 5.23. The third-order valence-corrected chi connectivity index (χ3v) is 3.89. The molecule has 0 saturated carbocycles. The summed E-state index contributed by atoms with van der Waals surface area (Å²) in [5.74, 6) is 0. The summed E-state index contributed by atoms with van der Waals surface area (Å²) in [5.41, 5.74) is 1.10. The van der Waals surface area contributed by atoms with Crippen LogP contribution >= 0.6 is 0 Å². The molecule has 4 nitrogen and oxygen atoms in total. The van der Waals surface area contributed by atoms with E-state index < -0.39 is 0 Å². The molecule has 0 atom stereocenters. The minimum absolute atomic E-state index is 0.0919. The molecule has 3 rings (SSSR count). The summed E-state index contributed by atoms with van der Waals surface area (Å²) in [6, 6.07) is 10.00. The van der Waals surface area contributed by atoms with Crippen molar-refractivity contribution in [1.82, 2.24) is 9.88 Å². The van der Waals surface area contributed by atoms with E-state index in [-0.39, 0.29) is 5.43 Å². The molecule has 1 N–H and O–H groups in total. The number of ether oxygens (including phenoxy) is 1. The van der Waals surface area contributed by atoms with E-state index in [0.717, 1.165) is 50.0 Å². The lowest BCUT2D eigenvalue weighted by Crippen LogP contribution is -2.36. The van der Waals surface area contributed by atoms with Gasteiger partial charge in [-0.1, -0.05) is 12.1 Å². The van der Waals surface area contributed by atoms with Crippen LogP contribution in [0.4, 0.5) is 0 Å². The number of para-hydroxylation sites is 1. The number of hydrogen-bond donors (Lipinski definition) is 1. The Labute approximate surface area is 118 Å². The van der Waals surface area contributed by atoms with Gasteiger partial charge in [-0.3, -0.25) is 4.79 Å². The first kappa shape index (κ1) is 13.3. The highest BCUT2D eigenvalue weighted by Crippen LogP contribution is 2.09. The average Bonchev–Trinajstić information content (AvgIpc) is 2.51. The smallest absolute Gasteiger partial charge is 0.189 e. The molecule has 1 saturated heterocycles. The van der Waals surface area contributed by atoms with Gasteiger partial charge in [0.2, 0.25) is 0 Å². The van der Waals surface area contributed by atoms with E-state index in [0.29, 0.717) is 6.04 Å². The van der Waals surface area contributed by atoms with Gasteiger partial charge < -0.3 is 14.6 Å². The van der Waals surface area contributed by atoms with Crippen molar-refractivity contribution in [3.05, 3.63) is 46.8 Å². The summed E-state index contributed by atoms with van der Waals surface area (Å²) >= 11 is 0. The van der Waals surface area contributed by atoms with Crippen LogP contribution in [0.3, 0.4) is 0 Å². The summed E-state index contributed by atoms with van der Waals surface area (Å²) in [7, 11) is 0. The van der Waals surface area contributed by atoms with E-state index >= 15 is 0 Å². The molecule has 0 aliphatic carbocycles. The van der Waals surface area contributed by atoms with E-state index in [1.165, 1.54) is 0 Å². The molecule has 106 valence electrons. The second kappa shape index (κ2) is 6.20. The molecule has 0 unspecified atom stereocenters. The van der Waals surface area contributed by atoms with Gasteiger partial charge in [-0.25, -0.2) is 0 Å². The normalized spacial score (nSPS) is 16.6. The van der Waals surface area contributed by atoms with Crippen LogP contribution in [0.25, 0.3) is 10.9 Å². The van der Waals surface area contributed by atoms with E-state index in [1.54, 1.807) is 6.07 Å². The first-order chi connectivity index (χ1) is 9.84. The number of nitrogens with one attached hydrogen (secondary N) is 1. The standard InChI is InChI=1S/C16H20N2O2/c19-16-5-9-18(15-4-2-1-3-14(15)16)10-8-17-13-6-11-20-12-7-13/h1-5,9,13,17H,6-8,10-12H2. The minimum atomic E-state index is 0.0919. The number of aromatic nitrogens is 1. The van der Waals surface area contributed by atoms with Crippen molar-refractivity contribution in [2.75, 3.05) is 19.8 Å². The van der Waals surface area contributed by atoms with Gasteiger partial charge in [0.05, 0.1) is 5.52 Å². The number of fused-ring (bicyclic) bond motifs is 1. The molecular formula is C16H20N2O2. The molecule has 1 aromatic heterocycles. The highest BCUT2D eigenvalue weighted by Gasteiger charge is 2.12. The Bertz CT molecular complexity index is 630. The molecule has 0 bridgehead atoms. The van der Waals surface area contributed by atoms with Crippen molar-refractivity contribution in [2.24, 2.45) is 0 Å². The Kier molecular flexibility index (Phi) is 4.14. The quantitative estimate of drug-likeness (QED) is 0.922. The van der Waals surface area contributed by atoms with E-state index in [1.807, 2.05) is 30.5 Å². The first-order valence-corrected chi connectivity index (χ1v) is 7.24. The molecule has 4 heteroatoms. The van der Waals surface area contributed by atoms with Crippen LogP contribution < -0.4 is 10.7 Å². The van der Waals surface area contributed by atoms with Crippen LogP contribution in [0.1, 0.15) is 12.8 Å². The van der Waals surface area contributed by atoms with E-state index in [9.17, 15) is 4.79 Å².